The molecule has 7 nitrogen and oxygen atoms in total. The van der Waals surface area contributed by atoms with Crippen LogP contribution in [0.2, 0.25) is 0 Å². The predicted molar refractivity (Wildman–Crippen MR) is 58.3 cm³/mol. The van der Waals surface area contributed by atoms with Gasteiger partial charge in [0, 0.05) is 6.20 Å². The van der Waals surface area contributed by atoms with Crippen LogP contribution in [-0.2, 0) is 6.54 Å². The van der Waals surface area contributed by atoms with E-state index >= 15 is 0 Å². The molecule has 0 atom stereocenters. The van der Waals surface area contributed by atoms with Gasteiger partial charge in [0.2, 0.25) is 5.88 Å². The number of hydrogen-bond donors (Lipinski definition) is 2. The smallest absolute Gasteiger partial charge is 0.257 e. The van der Waals surface area contributed by atoms with Gasteiger partial charge in [-0.3, -0.25) is 9.89 Å². The van der Waals surface area contributed by atoms with Crippen molar-refractivity contribution in [3.8, 4) is 5.88 Å². The maximum Gasteiger partial charge on any atom is 0.257 e. The Bertz CT molecular complexity index is 497. The van der Waals surface area contributed by atoms with Crippen LogP contribution in [0.25, 0.3) is 0 Å². The maximum atomic E-state index is 11.8. The minimum atomic E-state index is -0.272. The number of ether oxygens (including phenoxy) is 1. The normalized spacial score (nSPS) is 9.94. The lowest BCUT2D eigenvalue weighted by molar-refractivity contribution is 0.0946. The molecule has 2 aromatic heterocycles. The minimum Gasteiger partial charge on any atom is -0.480 e. The number of amides is 1. The van der Waals surface area contributed by atoms with Crippen molar-refractivity contribution in [1.29, 1.82) is 0 Å². The number of nitrogens with one attached hydrogen (secondary N) is 2. The fourth-order valence-corrected chi connectivity index (χ4v) is 1.30. The average Bonchev–Trinajstić information content (AvgIpc) is 2.89. The van der Waals surface area contributed by atoms with Crippen molar-refractivity contribution in [3.63, 3.8) is 0 Å². The first-order valence-electron chi connectivity index (χ1n) is 4.92. The molecule has 7 heteroatoms. The second-order valence-corrected chi connectivity index (χ2v) is 3.18. The largest absolute Gasteiger partial charge is 0.480 e. The van der Waals surface area contributed by atoms with Gasteiger partial charge in [-0.25, -0.2) is 9.97 Å². The second-order valence-electron chi connectivity index (χ2n) is 3.18. The van der Waals surface area contributed by atoms with Gasteiger partial charge in [-0.15, -0.1) is 0 Å². The lowest BCUT2D eigenvalue weighted by Gasteiger charge is -2.06. The van der Waals surface area contributed by atoms with Gasteiger partial charge in [0.1, 0.15) is 17.7 Å². The van der Waals surface area contributed by atoms with Crippen LogP contribution in [0.4, 0.5) is 0 Å². The number of nitrogens with zero attached hydrogens (tertiary/aromatic N) is 3. The minimum absolute atomic E-state index is 0.272. The molecule has 0 radical (unpaired) electrons. The SMILES string of the molecule is COc1ncccc1C(=O)NCc1ncn[nH]1. The molecule has 0 aliphatic heterocycles. The standard InChI is InChI=1S/C10H11N5O2/c1-17-10-7(3-2-4-11-10)9(16)12-5-8-13-6-14-15-8/h2-4,6H,5H2,1H3,(H,12,16)(H,13,14,15). The molecule has 2 heterocycles. The number of methoxy groups -OCH3 is 1. The summed E-state index contributed by atoms with van der Waals surface area (Å²) in [4.78, 5) is 19.7. The molecule has 0 aliphatic carbocycles. The zero-order valence-electron chi connectivity index (χ0n) is 9.17. The number of carbonyl (C=O) groups excluding carboxylic acids is 1. The molecular weight excluding hydrogens is 222 g/mol. The highest BCUT2D eigenvalue weighted by molar-refractivity contribution is 5.96. The molecule has 0 aromatic carbocycles. The monoisotopic (exact) mass is 233 g/mol. The van der Waals surface area contributed by atoms with E-state index in [0.29, 0.717) is 17.3 Å². The van der Waals surface area contributed by atoms with E-state index < -0.39 is 0 Å². The van der Waals surface area contributed by atoms with Crippen LogP contribution in [0, 0.1) is 0 Å². The molecule has 0 fully saturated rings. The van der Waals surface area contributed by atoms with Gasteiger partial charge in [-0.05, 0) is 12.1 Å². The Balaban J connectivity index is 2.04. The van der Waals surface area contributed by atoms with Gasteiger partial charge in [-0.1, -0.05) is 0 Å². The first-order valence-corrected chi connectivity index (χ1v) is 4.92. The van der Waals surface area contributed by atoms with Gasteiger partial charge in [0.05, 0.1) is 13.7 Å². The summed E-state index contributed by atoms with van der Waals surface area (Å²) in [5.74, 6) is 0.607. The second kappa shape index (κ2) is 5.06. The fourth-order valence-electron chi connectivity index (χ4n) is 1.30. The third kappa shape index (κ3) is 2.57. The molecule has 1 amide bonds. The lowest BCUT2D eigenvalue weighted by Crippen LogP contribution is -2.24. The maximum absolute atomic E-state index is 11.8. The van der Waals surface area contributed by atoms with Crippen molar-refractivity contribution in [2.24, 2.45) is 0 Å². The van der Waals surface area contributed by atoms with E-state index in [0.717, 1.165) is 0 Å². The summed E-state index contributed by atoms with van der Waals surface area (Å²) in [6.45, 7) is 0.275. The molecule has 2 N–H and O–H groups in total. The molecule has 17 heavy (non-hydrogen) atoms. The summed E-state index contributed by atoms with van der Waals surface area (Å²) in [7, 11) is 1.47. The van der Waals surface area contributed by atoms with E-state index in [1.807, 2.05) is 0 Å². The molecule has 0 saturated carbocycles. The summed E-state index contributed by atoms with van der Waals surface area (Å²) in [5, 5.41) is 9.02. The van der Waals surface area contributed by atoms with E-state index in [-0.39, 0.29) is 12.5 Å². The average molecular weight is 233 g/mol. The summed E-state index contributed by atoms with van der Waals surface area (Å²) in [6.07, 6.45) is 2.94. The summed E-state index contributed by atoms with van der Waals surface area (Å²) >= 11 is 0. The van der Waals surface area contributed by atoms with Crippen molar-refractivity contribution >= 4 is 5.91 Å². The molecule has 2 rings (SSSR count). The topological polar surface area (TPSA) is 92.8 Å². The number of aromatic amines is 1. The quantitative estimate of drug-likeness (QED) is 0.783. The highest BCUT2D eigenvalue weighted by Gasteiger charge is 2.12. The molecule has 0 aliphatic rings. The van der Waals surface area contributed by atoms with Crippen molar-refractivity contribution in [2.45, 2.75) is 6.54 Å². The number of aromatic nitrogens is 4. The Morgan fingerprint density at radius 1 is 1.53 bits per heavy atom. The molecule has 0 unspecified atom stereocenters. The van der Waals surface area contributed by atoms with Crippen LogP contribution in [0.1, 0.15) is 16.2 Å². The summed E-state index contributed by atoms with van der Waals surface area (Å²) in [5.41, 5.74) is 0.384. The Morgan fingerprint density at radius 3 is 3.12 bits per heavy atom. The number of carbonyl (C=O) groups is 1. The Hall–Kier alpha value is -2.44. The molecule has 88 valence electrons. The predicted octanol–water partition coefficient (Wildman–Crippen LogP) is 0.138. The number of H-pyrrole nitrogens is 1. The van der Waals surface area contributed by atoms with Gasteiger partial charge >= 0.3 is 0 Å². The van der Waals surface area contributed by atoms with E-state index in [1.165, 1.54) is 13.4 Å². The van der Waals surface area contributed by atoms with E-state index in [9.17, 15) is 4.79 Å². The van der Waals surface area contributed by atoms with Crippen LogP contribution in [0.15, 0.2) is 24.7 Å². The number of pyridine rings is 1. The van der Waals surface area contributed by atoms with Gasteiger partial charge in [0.15, 0.2) is 0 Å². The molecule has 2 aromatic rings. The Kier molecular flexibility index (Phi) is 3.29. The fraction of sp³-hybridized carbons (Fsp3) is 0.200. The number of hydrogen-bond acceptors (Lipinski definition) is 5. The van der Waals surface area contributed by atoms with Crippen LogP contribution in [0.5, 0.6) is 5.88 Å². The van der Waals surface area contributed by atoms with Crippen LogP contribution in [0.3, 0.4) is 0 Å². The molecule has 0 saturated heterocycles. The van der Waals surface area contributed by atoms with Crippen molar-refractivity contribution < 1.29 is 9.53 Å². The Labute approximate surface area is 97.2 Å². The summed E-state index contributed by atoms with van der Waals surface area (Å²) < 4.78 is 5.00. The van der Waals surface area contributed by atoms with E-state index in [2.05, 4.69) is 25.5 Å². The first-order chi connectivity index (χ1) is 8.31. The molecule has 0 bridgehead atoms. The van der Waals surface area contributed by atoms with Crippen molar-refractivity contribution in [3.05, 3.63) is 36.0 Å². The number of rotatable bonds is 4. The van der Waals surface area contributed by atoms with Gasteiger partial charge < -0.3 is 10.1 Å². The Morgan fingerprint density at radius 2 is 2.41 bits per heavy atom. The third-order valence-electron chi connectivity index (χ3n) is 2.09. The lowest BCUT2D eigenvalue weighted by atomic mass is 10.2. The zero-order chi connectivity index (χ0) is 12.1. The van der Waals surface area contributed by atoms with Gasteiger partial charge in [-0.2, -0.15) is 5.10 Å². The van der Waals surface area contributed by atoms with Crippen molar-refractivity contribution in [2.75, 3.05) is 7.11 Å². The van der Waals surface area contributed by atoms with Crippen LogP contribution < -0.4 is 10.1 Å². The van der Waals surface area contributed by atoms with Gasteiger partial charge in [0.25, 0.3) is 5.91 Å². The summed E-state index contributed by atoms with van der Waals surface area (Å²) in [6, 6.07) is 3.31. The van der Waals surface area contributed by atoms with Crippen LogP contribution >= 0.6 is 0 Å². The molecule has 0 spiro atoms. The van der Waals surface area contributed by atoms with Crippen molar-refractivity contribution in [1.82, 2.24) is 25.5 Å². The first kappa shape index (κ1) is 11.1. The highest BCUT2D eigenvalue weighted by Crippen LogP contribution is 2.12. The van der Waals surface area contributed by atoms with E-state index in [1.54, 1.807) is 18.3 Å². The van der Waals surface area contributed by atoms with E-state index in [4.69, 9.17) is 4.74 Å². The third-order valence-corrected chi connectivity index (χ3v) is 2.09. The molecular formula is C10H11N5O2. The highest BCUT2D eigenvalue weighted by atomic mass is 16.5. The van der Waals surface area contributed by atoms with Crippen LogP contribution in [-0.4, -0.2) is 33.2 Å². The zero-order valence-corrected chi connectivity index (χ0v) is 9.17.